The number of hydrogen-bond donors (Lipinski definition) is 0. The lowest BCUT2D eigenvalue weighted by Crippen LogP contribution is -1.81. The lowest BCUT2D eigenvalue weighted by Gasteiger charge is -1.98. The Morgan fingerprint density at radius 3 is 1.33 bits per heavy atom. The number of methoxy groups -OCH3 is 2. The minimum Gasteiger partial charge on any atom is -0.497 e. The van der Waals surface area contributed by atoms with Crippen LogP contribution in [0.3, 0.4) is 0 Å². The number of benzene rings is 2. The Morgan fingerprint density at radius 2 is 1.00 bits per heavy atom. The Morgan fingerprint density at radius 1 is 0.625 bits per heavy atom. The molecule has 0 fully saturated rings. The van der Waals surface area contributed by atoms with E-state index in [9.17, 15) is 0 Å². The first-order valence-electron chi connectivity index (χ1n) is 7.49. The van der Waals surface area contributed by atoms with Crippen molar-refractivity contribution >= 4 is 24.6 Å². The predicted octanol–water partition coefficient (Wildman–Crippen LogP) is 4.49. The van der Waals surface area contributed by atoms with Crippen molar-refractivity contribution in [3.8, 4) is 11.5 Å². The van der Waals surface area contributed by atoms with Gasteiger partial charge in [0.15, 0.2) is 0 Å². The van der Waals surface area contributed by atoms with E-state index in [1.54, 1.807) is 26.6 Å². The Balaban J connectivity index is 1.78. The van der Waals surface area contributed by atoms with Gasteiger partial charge >= 0.3 is 0 Å². The molecule has 0 aliphatic heterocycles. The average Bonchev–Trinajstić information content (AvgIpc) is 2.65. The van der Waals surface area contributed by atoms with Crippen LogP contribution in [0.2, 0.25) is 0 Å². The summed E-state index contributed by atoms with van der Waals surface area (Å²) >= 11 is 0. The monoisotopic (exact) mass is 320 g/mol. The van der Waals surface area contributed by atoms with Gasteiger partial charge in [0.2, 0.25) is 0 Å². The highest BCUT2D eigenvalue weighted by Gasteiger charge is 1.89. The van der Waals surface area contributed by atoms with Gasteiger partial charge in [-0.1, -0.05) is 36.4 Å². The van der Waals surface area contributed by atoms with E-state index in [4.69, 9.17) is 9.47 Å². The number of rotatable bonds is 7. The predicted molar refractivity (Wildman–Crippen MR) is 101 cm³/mol. The maximum atomic E-state index is 5.11. The van der Waals surface area contributed by atoms with Crippen LogP contribution in [0.25, 0.3) is 12.2 Å². The molecule has 0 N–H and O–H groups in total. The van der Waals surface area contributed by atoms with Gasteiger partial charge in [-0.2, -0.15) is 10.2 Å². The van der Waals surface area contributed by atoms with E-state index in [2.05, 4.69) is 10.2 Å². The maximum absolute atomic E-state index is 5.11. The number of hydrogen-bond acceptors (Lipinski definition) is 4. The first-order chi connectivity index (χ1) is 11.8. The van der Waals surface area contributed by atoms with Crippen molar-refractivity contribution in [1.29, 1.82) is 0 Å². The minimum atomic E-state index is 0.842. The fourth-order valence-corrected chi connectivity index (χ4v) is 1.89. The largest absolute Gasteiger partial charge is 0.497 e. The van der Waals surface area contributed by atoms with E-state index in [1.807, 2.05) is 72.8 Å². The Bertz CT molecular complexity index is 662. The van der Waals surface area contributed by atoms with Crippen LogP contribution >= 0.6 is 0 Å². The normalized spacial score (nSPS) is 11.9. The summed E-state index contributed by atoms with van der Waals surface area (Å²) in [7, 11) is 3.30. The highest BCUT2D eigenvalue weighted by Crippen LogP contribution is 2.12. The van der Waals surface area contributed by atoms with Gasteiger partial charge in [0, 0.05) is 12.4 Å². The van der Waals surface area contributed by atoms with Crippen molar-refractivity contribution in [1.82, 2.24) is 0 Å². The molecule has 0 spiro atoms. The molecule has 24 heavy (non-hydrogen) atoms. The van der Waals surface area contributed by atoms with Crippen molar-refractivity contribution in [2.75, 3.05) is 14.2 Å². The highest BCUT2D eigenvalue weighted by molar-refractivity contribution is 5.81. The molecule has 0 aliphatic rings. The fraction of sp³-hybridized carbons (Fsp3) is 0.100. The summed E-state index contributed by atoms with van der Waals surface area (Å²) in [6.45, 7) is 0. The van der Waals surface area contributed by atoms with Crippen LogP contribution in [0.4, 0.5) is 0 Å². The van der Waals surface area contributed by atoms with Crippen LogP contribution in [-0.4, -0.2) is 26.6 Å². The standard InChI is InChI=1S/C20H20N2O2/c1-23-19-11-7-17(8-12-19)5-3-15-21-22-16-4-6-18-9-13-20(24-2)14-10-18/h3-16H,1-2H3/b5-3+,6-4+,21-15+,22-16+. The van der Waals surface area contributed by atoms with Crippen LogP contribution in [0.15, 0.2) is 70.9 Å². The molecule has 0 bridgehead atoms. The van der Waals surface area contributed by atoms with Crippen LogP contribution in [0, 0.1) is 0 Å². The van der Waals surface area contributed by atoms with Crippen LogP contribution in [-0.2, 0) is 0 Å². The topological polar surface area (TPSA) is 43.2 Å². The van der Waals surface area contributed by atoms with Crippen molar-refractivity contribution in [2.24, 2.45) is 10.2 Å². The molecule has 0 radical (unpaired) electrons. The third kappa shape index (κ3) is 5.93. The zero-order chi connectivity index (χ0) is 17.0. The van der Waals surface area contributed by atoms with Gasteiger partial charge in [-0.05, 0) is 47.5 Å². The van der Waals surface area contributed by atoms with Crippen LogP contribution < -0.4 is 9.47 Å². The van der Waals surface area contributed by atoms with Crippen LogP contribution in [0.1, 0.15) is 11.1 Å². The molecule has 4 heteroatoms. The van der Waals surface area contributed by atoms with Gasteiger partial charge in [-0.3, -0.25) is 0 Å². The summed E-state index contributed by atoms with van der Waals surface area (Å²) in [4.78, 5) is 0. The highest BCUT2D eigenvalue weighted by atomic mass is 16.5. The van der Waals surface area contributed by atoms with E-state index in [0.29, 0.717) is 0 Å². The summed E-state index contributed by atoms with van der Waals surface area (Å²) in [5, 5.41) is 7.88. The first-order valence-corrected chi connectivity index (χ1v) is 7.49. The maximum Gasteiger partial charge on any atom is 0.118 e. The Labute approximate surface area is 142 Å². The van der Waals surface area contributed by atoms with Crippen molar-refractivity contribution in [3.05, 3.63) is 71.8 Å². The molecule has 0 saturated carbocycles. The smallest absolute Gasteiger partial charge is 0.118 e. The second-order valence-electron chi connectivity index (χ2n) is 4.79. The van der Waals surface area contributed by atoms with Crippen LogP contribution in [0.5, 0.6) is 11.5 Å². The average molecular weight is 320 g/mol. The molecule has 4 nitrogen and oxygen atoms in total. The second-order valence-corrected chi connectivity index (χ2v) is 4.79. The summed E-state index contributed by atoms with van der Waals surface area (Å²) < 4.78 is 10.2. The number of ether oxygens (including phenoxy) is 2. The number of nitrogens with zero attached hydrogens (tertiary/aromatic N) is 2. The minimum absolute atomic E-state index is 0.842. The van der Waals surface area contributed by atoms with E-state index in [1.165, 1.54) is 0 Å². The quantitative estimate of drug-likeness (QED) is 0.557. The van der Waals surface area contributed by atoms with Gasteiger partial charge in [0.25, 0.3) is 0 Å². The summed E-state index contributed by atoms with van der Waals surface area (Å²) in [5.41, 5.74) is 2.15. The lowest BCUT2D eigenvalue weighted by molar-refractivity contribution is 0.414. The van der Waals surface area contributed by atoms with Crippen molar-refractivity contribution in [3.63, 3.8) is 0 Å². The van der Waals surface area contributed by atoms with E-state index < -0.39 is 0 Å². The van der Waals surface area contributed by atoms with Gasteiger partial charge < -0.3 is 9.47 Å². The van der Waals surface area contributed by atoms with Gasteiger partial charge in [0.05, 0.1) is 14.2 Å². The molecule has 0 saturated heterocycles. The molecule has 0 amide bonds. The molecule has 0 atom stereocenters. The Hall–Kier alpha value is -3.14. The molecular weight excluding hydrogens is 300 g/mol. The molecule has 0 unspecified atom stereocenters. The molecule has 122 valence electrons. The first kappa shape index (κ1) is 17.2. The molecule has 2 rings (SSSR count). The zero-order valence-electron chi connectivity index (χ0n) is 13.8. The van der Waals surface area contributed by atoms with E-state index >= 15 is 0 Å². The fourth-order valence-electron chi connectivity index (χ4n) is 1.89. The molecule has 0 aromatic heterocycles. The number of allylic oxidation sites excluding steroid dienone is 2. The van der Waals surface area contributed by atoms with E-state index in [0.717, 1.165) is 22.6 Å². The summed E-state index contributed by atoms with van der Waals surface area (Å²) in [5.74, 6) is 1.68. The second kappa shape index (κ2) is 9.79. The van der Waals surface area contributed by atoms with Gasteiger partial charge in [-0.25, -0.2) is 0 Å². The van der Waals surface area contributed by atoms with Gasteiger partial charge in [-0.15, -0.1) is 0 Å². The van der Waals surface area contributed by atoms with E-state index in [-0.39, 0.29) is 0 Å². The molecular formula is C20H20N2O2. The Kier molecular flexibility index (Phi) is 7.02. The van der Waals surface area contributed by atoms with Crippen molar-refractivity contribution < 1.29 is 9.47 Å². The molecule has 2 aromatic rings. The third-order valence-electron chi connectivity index (χ3n) is 3.18. The van der Waals surface area contributed by atoms with Gasteiger partial charge in [0.1, 0.15) is 11.5 Å². The SMILES string of the molecule is COc1ccc(/C=C/C=N/N=C/C=C/c2ccc(OC)cc2)cc1. The molecule has 0 heterocycles. The van der Waals surface area contributed by atoms with Crippen molar-refractivity contribution in [2.45, 2.75) is 0 Å². The molecule has 2 aromatic carbocycles. The lowest BCUT2D eigenvalue weighted by atomic mass is 10.2. The molecule has 0 aliphatic carbocycles. The third-order valence-corrected chi connectivity index (χ3v) is 3.18. The zero-order valence-corrected chi connectivity index (χ0v) is 13.8. The summed E-state index contributed by atoms with van der Waals surface area (Å²) in [6, 6.07) is 15.6. The summed E-state index contributed by atoms with van der Waals surface area (Å²) in [6.07, 6.45) is 10.9.